The Morgan fingerprint density at radius 2 is 1.29 bits per heavy atom. The standard InChI is InChI=1S/C14H31N.C7H13NO/c1-4-5-6-7-8-9-10-11-12-13-14-15(2)3;1-3-4-5-6(2)7(8)9/h4-14H2,1-3H3;5H,3-4H2,1-2H3,(H2,8,9). The van der Waals surface area contributed by atoms with Crippen molar-refractivity contribution in [3.05, 3.63) is 11.6 Å². The first-order chi connectivity index (χ1) is 11.5. The van der Waals surface area contributed by atoms with Gasteiger partial charge < -0.3 is 10.6 Å². The molecular weight excluding hydrogens is 296 g/mol. The Morgan fingerprint density at radius 1 is 0.833 bits per heavy atom. The van der Waals surface area contributed by atoms with Gasteiger partial charge in [-0.05, 0) is 40.4 Å². The van der Waals surface area contributed by atoms with Crippen LogP contribution < -0.4 is 5.73 Å². The number of amides is 1. The molecule has 0 aliphatic heterocycles. The van der Waals surface area contributed by atoms with Gasteiger partial charge in [0.1, 0.15) is 0 Å². The molecule has 0 rings (SSSR count). The van der Waals surface area contributed by atoms with Crippen LogP contribution >= 0.6 is 0 Å². The van der Waals surface area contributed by atoms with Gasteiger partial charge in [0.25, 0.3) is 0 Å². The van der Waals surface area contributed by atoms with Gasteiger partial charge in [-0.25, -0.2) is 0 Å². The van der Waals surface area contributed by atoms with Crippen molar-refractivity contribution in [1.29, 1.82) is 0 Å². The number of nitrogens with zero attached hydrogens (tertiary/aromatic N) is 1. The van der Waals surface area contributed by atoms with Gasteiger partial charge in [-0.1, -0.05) is 84.1 Å². The molecule has 0 saturated heterocycles. The molecule has 0 radical (unpaired) electrons. The molecule has 0 aliphatic rings. The second-order valence-corrected chi connectivity index (χ2v) is 7.03. The summed E-state index contributed by atoms with van der Waals surface area (Å²) < 4.78 is 0. The maximum Gasteiger partial charge on any atom is 0.244 e. The highest BCUT2D eigenvalue weighted by molar-refractivity contribution is 5.91. The van der Waals surface area contributed by atoms with Crippen LogP contribution in [-0.4, -0.2) is 31.4 Å². The van der Waals surface area contributed by atoms with Crippen LogP contribution in [-0.2, 0) is 4.79 Å². The lowest BCUT2D eigenvalue weighted by atomic mass is 10.1. The molecule has 0 heterocycles. The molecule has 3 heteroatoms. The lowest BCUT2D eigenvalue weighted by Crippen LogP contribution is -2.12. The van der Waals surface area contributed by atoms with Gasteiger partial charge in [-0.3, -0.25) is 4.79 Å². The highest BCUT2D eigenvalue weighted by Gasteiger charge is 1.94. The van der Waals surface area contributed by atoms with Crippen LogP contribution in [0.5, 0.6) is 0 Å². The first kappa shape index (κ1) is 25.4. The molecule has 0 saturated carbocycles. The van der Waals surface area contributed by atoms with E-state index in [9.17, 15) is 4.79 Å². The van der Waals surface area contributed by atoms with E-state index in [1.54, 1.807) is 6.92 Å². The zero-order valence-electron chi connectivity index (χ0n) is 17.2. The van der Waals surface area contributed by atoms with Crippen molar-refractivity contribution in [2.24, 2.45) is 5.73 Å². The molecule has 1 amide bonds. The Morgan fingerprint density at radius 3 is 1.67 bits per heavy atom. The zero-order chi connectivity index (χ0) is 18.6. The predicted molar refractivity (Wildman–Crippen MR) is 108 cm³/mol. The number of hydrogen-bond acceptors (Lipinski definition) is 2. The maximum absolute atomic E-state index is 10.4. The number of hydrogen-bond donors (Lipinski definition) is 1. The van der Waals surface area contributed by atoms with E-state index in [2.05, 4.69) is 32.8 Å². The predicted octanol–water partition coefficient (Wildman–Crippen LogP) is 5.69. The molecule has 3 nitrogen and oxygen atoms in total. The Kier molecular flexibility index (Phi) is 21.4. The number of rotatable bonds is 14. The summed E-state index contributed by atoms with van der Waals surface area (Å²) in [6, 6.07) is 0. The van der Waals surface area contributed by atoms with Gasteiger partial charge in [-0.15, -0.1) is 0 Å². The largest absolute Gasteiger partial charge is 0.366 e. The highest BCUT2D eigenvalue weighted by atomic mass is 16.1. The van der Waals surface area contributed by atoms with Gasteiger partial charge >= 0.3 is 0 Å². The molecule has 0 aromatic rings. The maximum atomic E-state index is 10.4. The summed E-state index contributed by atoms with van der Waals surface area (Å²) in [5.74, 6) is -0.316. The SMILES string of the molecule is CCCC=C(C)C(N)=O.CCCCCCCCCCCCN(C)C. The van der Waals surface area contributed by atoms with Gasteiger partial charge in [0.15, 0.2) is 0 Å². The van der Waals surface area contributed by atoms with Crippen LogP contribution in [0.3, 0.4) is 0 Å². The number of allylic oxidation sites excluding steroid dienone is 1. The molecule has 0 unspecified atom stereocenters. The summed E-state index contributed by atoms with van der Waals surface area (Å²) >= 11 is 0. The molecule has 0 bridgehead atoms. The van der Waals surface area contributed by atoms with Crippen molar-refractivity contribution in [2.75, 3.05) is 20.6 Å². The van der Waals surface area contributed by atoms with Crippen molar-refractivity contribution in [2.45, 2.75) is 97.8 Å². The van der Waals surface area contributed by atoms with Crippen molar-refractivity contribution in [3.8, 4) is 0 Å². The lowest BCUT2D eigenvalue weighted by molar-refractivity contribution is -0.114. The minimum absolute atomic E-state index is 0.316. The summed E-state index contributed by atoms with van der Waals surface area (Å²) in [6.07, 6.45) is 18.2. The molecule has 0 spiro atoms. The first-order valence-electron chi connectivity index (χ1n) is 10.1. The minimum atomic E-state index is -0.316. The Balaban J connectivity index is 0. The van der Waals surface area contributed by atoms with E-state index in [1.807, 2.05) is 6.08 Å². The fourth-order valence-corrected chi connectivity index (χ4v) is 2.38. The van der Waals surface area contributed by atoms with E-state index in [0.717, 1.165) is 12.8 Å². The smallest absolute Gasteiger partial charge is 0.244 e. The molecule has 0 aromatic carbocycles. The number of unbranched alkanes of at least 4 members (excludes halogenated alkanes) is 10. The Hall–Kier alpha value is -0.830. The fraction of sp³-hybridized carbons (Fsp3) is 0.857. The van der Waals surface area contributed by atoms with Crippen molar-refractivity contribution < 1.29 is 4.79 Å². The Bertz CT molecular complexity index is 298. The van der Waals surface area contributed by atoms with Crippen LogP contribution in [0.25, 0.3) is 0 Å². The van der Waals surface area contributed by atoms with E-state index >= 15 is 0 Å². The first-order valence-corrected chi connectivity index (χ1v) is 10.1. The molecule has 24 heavy (non-hydrogen) atoms. The van der Waals surface area contributed by atoms with E-state index < -0.39 is 0 Å². The molecule has 0 fully saturated rings. The Labute approximate surface area is 152 Å². The molecular formula is C21H44N2O. The van der Waals surface area contributed by atoms with Crippen LogP contribution in [0, 0.1) is 0 Å². The number of carbonyl (C=O) groups is 1. The molecule has 2 N–H and O–H groups in total. The zero-order valence-corrected chi connectivity index (χ0v) is 17.2. The summed E-state index contributed by atoms with van der Waals surface area (Å²) in [4.78, 5) is 12.6. The second kappa shape index (κ2) is 20.2. The van der Waals surface area contributed by atoms with E-state index in [4.69, 9.17) is 5.73 Å². The van der Waals surface area contributed by atoms with Crippen LogP contribution in [0.4, 0.5) is 0 Å². The lowest BCUT2D eigenvalue weighted by Gasteiger charge is -2.08. The van der Waals surface area contributed by atoms with Gasteiger partial charge in [-0.2, -0.15) is 0 Å². The second-order valence-electron chi connectivity index (χ2n) is 7.03. The topological polar surface area (TPSA) is 46.3 Å². The minimum Gasteiger partial charge on any atom is -0.366 e. The summed E-state index contributed by atoms with van der Waals surface area (Å²) in [6.45, 7) is 7.34. The molecule has 0 aliphatic carbocycles. The number of nitrogens with two attached hydrogens (primary N) is 1. The average molecular weight is 341 g/mol. The normalized spacial score (nSPS) is 11.3. The van der Waals surface area contributed by atoms with Crippen LogP contribution in [0.2, 0.25) is 0 Å². The fourth-order valence-electron chi connectivity index (χ4n) is 2.38. The van der Waals surface area contributed by atoms with E-state index in [1.165, 1.54) is 70.8 Å². The van der Waals surface area contributed by atoms with Gasteiger partial charge in [0, 0.05) is 5.57 Å². The molecule has 0 aromatic heterocycles. The summed E-state index contributed by atoms with van der Waals surface area (Å²) in [7, 11) is 4.32. The van der Waals surface area contributed by atoms with Crippen LogP contribution in [0.15, 0.2) is 11.6 Å². The number of primary amides is 1. The third-order valence-corrected chi connectivity index (χ3v) is 4.09. The molecule has 0 atom stereocenters. The summed E-state index contributed by atoms with van der Waals surface area (Å²) in [5, 5.41) is 0. The summed E-state index contributed by atoms with van der Waals surface area (Å²) in [5.41, 5.74) is 5.63. The number of carbonyl (C=O) groups excluding carboxylic acids is 1. The monoisotopic (exact) mass is 340 g/mol. The molecule has 144 valence electrons. The van der Waals surface area contributed by atoms with E-state index in [0.29, 0.717) is 5.57 Å². The third kappa shape index (κ3) is 23.4. The van der Waals surface area contributed by atoms with Crippen molar-refractivity contribution in [1.82, 2.24) is 4.90 Å². The van der Waals surface area contributed by atoms with Crippen molar-refractivity contribution >= 4 is 5.91 Å². The average Bonchev–Trinajstić information content (AvgIpc) is 2.54. The third-order valence-electron chi connectivity index (χ3n) is 4.09. The van der Waals surface area contributed by atoms with Crippen LogP contribution in [0.1, 0.15) is 97.8 Å². The van der Waals surface area contributed by atoms with Crippen molar-refractivity contribution in [3.63, 3.8) is 0 Å². The van der Waals surface area contributed by atoms with Gasteiger partial charge in [0.2, 0.25) is 5.91 Å². The van der Waals surface area contributed by atoms with E-state index in [-0.39, 0.29) is 5.91 Å². The highest BCUT2D eigenvalue weighted by Crippen LogP contribution is 2.10. The van der Waals surface area contributed by atoms with Gasteiger partial charge in [0.05, 0.1) is 0 Å². The quantitative estimate of drug-likeness (QED) is 0.326.